The standard InChI is InChI=1S/C14H11BrINOS/c15-10-7-9(16)4-5-11(10)17-14(18)13-6-8-2-1-3-12(8)19-13/h4-7H,1-3H2,(H,17,18). The summed E-state index contributed by atoms with van der Waals surface area (Å²) in [7, 11) is 0. The van der Waals surface area contributed by atoms with Gasteiger partial charge in [-0.05, 0) is 87.6 Å². The Labute approximate surface area is 137 Å². The molecule has 1 heterocycles. The molecule has 1 aromatic carbocycles. The van der Waals surface area contributed by atoms with Gasteiger partial charge in [0.25, 0.3) is 5.91 Å². The van der Waals surface area contributed by atoms with E-state index in [1.165, 1.54) is 16.9 Å². The molecular weight excluding hydrogens is 437 g/mol. The molecule has 0 saturated heterocycles. The van der Waals surface area contributed by atoms with Gasteiger partial charge in [-0.3, -0.25) is 4.79 Å². The van der Waals surface area contributed by atoms with Gasteiger partial charge in [-0.2, -0.15) is 0 Å². The average Bonchev–Trinajstić information content (AvgIpc) is 2.93. The van der Waals surface area contributed by atoms with Crippen molar-refractivity contribution in [2.24, 2.45) is 0 Å². The number of amides is 1. The normalized spacial score (nSPS) is 13.4. The number of benzene rings is 1. The lowest BCUT2D eigenvalue weighted by atomic mass is 10.2. The molecule has 0 unspecified atom stereocenters. The topological polar surface area (TPSA) is 29.1 Å². The first-order valence-corrected chi connectivity index (χ1v) is 8.70. The summed E-state index contributed by atoms with van der Waals surface area (Å²) in [4.78, 5) is 14.4. The van der Waals surface area contributed by atoms with Crippen LogP contribution in [0.3, 0.4) is 0 Å². The molecule has 1 aliphatic carbocycles. The molecule has 0 spiro atoms. The van der Waals surface area contributed by atoms with Crippen LogP contribution >= 0.6 is 49.9 Å². The molecule has 0 atom stereocenters. The zero-order valence-electron chi connectivity index (χ0n) is 10.0. The van der Waals surface area contributed by atoms with Crippen molar-refractivity contribution < 1.29 is 4.79 Å². The average molecular weight is 448 g/mol. The molecule has 2 aromatic rings. The number of hydrogen-bond acceptors (Lipinski definition) is 2. The monoisotopic (exact) mass is 447 g/mol. The number of fused-ring (bicyclic) bond motifs is 1. The number of rotatable bonds is 2. The SMILES string of the molecule is O=C(Nc1ccc(I)cc1Br)c1cc2c(s1)CCC2. The molecule has 0 bridgehead atoms. The molecule has 0 fully saturated rings. The van der Waals surface area contributed by atoms with E-state index in [1.54, 1.807) is 11.3 Å². The minimum atomic E-state index is -0.0127. The molecule has 1 N–H and O–H groups in total. The van der Waals surface area contributed by atoms with Crippen molar-refractivity contribution in [3.05, 3.63) is 47.6 Å². The maximum absolute atomic E-state index is 12.2. The highest BCUT2D eigenvalue weighted by Crippen LogP contribution is 2.31. The van der Waals surface area contributed by atoms with Gasteiger partial charge in [-0.1, -0.05) is 0 Å². The molecule has 0 aliphatic heterocycles. The Hall–Kier alpha value is -0.400. The van der Waals surface area contributed by atoms with Gasteiger partial charge in [-0.25, -0.2) is 0 Å². The fourth-order valence-corrected chi connectivity index (χ4v) is 4.76. The van der Waals surface area contributed by atoms with Gasteiger partial charge in [0.2, 0.25) is 0 Å². The lowest BCUT2D eigenvalue weighted by Crippen LogP contribution is -2.10. The Morgan fingerprint density at radius 3 is 2.89 bits per heavy atom. The van der Waals surface area contributed by atoms with Gasteiger partial charge in [0.15, 0.2) is 0 Å². The summed E-state index contributed by atoms with van der Waals surface area (Å²) in [5.74, 6) is -0.0127. The van der Waals surface area contributed by atoms with Gasteiger partial charge >= 0.3 is 0 Å². The molecule has 98 valence electrons. The summed E-state index contributed by atoms with van der Waals surface area (Å²) in [6.45, 7) is 0. The molecule has 19 heavy (non-hydrogen) atoms. The molecule has 3 rings (SSSR count). The summed E-state index contributed by atoms with van der Waals surface area (Å²) in [6, 6.07) is 7.94. The second kappa shape index (κ2) is 5.54. The van der Waals surface area contributed by atoms with Crippen molar-refractivity contribution in [2.75, 3.05) is 5.32 Å². The maximum Gasteiger partial charge on any atom is 0.265 e. The minimum absolute atomic E-state index is 0.0127. The van der Waals surface area contributed by atoms with E-state index in [1.807, 2.05) is 24.3 Å². The third kappa shape index (κ3) is 2.87. The Morgan fingerprint density at radius 2 is 2.16 bits per heavy atom. The number of anilines is 1. The lowest BCUT2D eigenvalue weighted by molar-refractivity contribution is 0.103. The van der Waals surface area contributed by atoms with E-state index in [0.717, 1.165) is 31.4 Å². The number of carbonyl (C=O) groups is 1. The van der Waals surface area contributed by atoms with Crippen LogP contribution in [0.25, 0.3) is 0 Å². The van der Waals surface area contributed by atoms with E-state index in [-0.39, 0.29) is 5.91 Å². The van der Waals surface area contributed by atoms with E-state index in [0.29, 0.717) is 0 Å². The van der Waals surface area contributed by atoms with Crippen LogP contribution in [-0.2, 0) is 12.8 Å². The fraction of sp³-hybridized carbons (Fsp3) is 0.214. The van der Waals surface area contributed by atoms with E-state index >= 15 is 0 Å². The third-order valence-corrected chi connectivity index (χ3v) is 5.71. The first kappa shape index (κ1) is 13.6. The molecule has 2 nitrogen and oxygen atoms in total. The summed E-state index contributed by atoms with van der Waals surface area (Å²) >= 11 is 7.35. The van der Waals surface area contributed by atoms with Crippen LogP contribution in [0.2, 0.25) is 0 Å². The quantitative estimate of drug-likeness (QED) is 0.654. The Kier molecular flexibility index (Phi) is 3.96. The Morgan fingerprint density at radius 1 is 1.32 bits per heavy atom. The van der Waals surface area contributed by atoms with Gasteiger partial charge in [0.05, 0.1) is 10.6 Å². The van der Waals surface area contributed by atoms with E-state index in [2.05, 4.69) is 43.8 Å². The van der Waals surface area contributed by atoms with Crippen molar-refractivity contribution in [2.45, 2.75) is 19.3 Å². The predicted molar refractivity (Wildman–Crippen MR) is 91.2 cm³/mol. The van der Waals surface area contributed by atoms with Gasteiger partial charge in [-0.15, -0.1) is 11.3 Å². The third-order valence-electron chi connectivity index (χ3n) is 3.15. The number of thiophene rings is 1. The Balaban J connectivity index is 1.80. The molecule has 1 amide bonds. The van der Waals surface area contributed by atoms with Crippen LogP contribution in [0, 0.1) is 3.57 Å². The number of halogens is 2. The number of carbonyl (C=O) groups excluding carboxylic acids is 1. The van der Waals surface area contributed by atoms with Gasteiger partial charge in [0, 0.05) is 12.9 Å². The van der Waals surface area contributed by atoms with E-state index < -0.39 is 0 Å². The fourth-order valence-electron chi connectivity index (χ4n) is 2.22. The summed E-state index contributed by atoms with van der Waals surface area (Å²) in [5, 5.41) is 2.96. The molecular formula is C14H11BrINOS. The van der Waals surface area contributed by atoms with Crippen molar-refractivity contribution in [1.29, 1.82) is 0 Å². The smallest absolute Gasteiger partial charge is 0.265 e. The molecule has 0 radical (unpaired) electrons. The van der Waals surface area contributed by atoms with Crippen molar-refractivity contribution in [3.8, 4) is 0 Å². The molecule has 1 aliphatic rings. The highest BCUT2D eigenvalue weighted by atomic mass is 127. The molecule has 1 aromatic heterocycles. The first-order chi connectivity index (χ1) is 9.13. The number of nitrogens with one attached hydrogen (secondary N) is 1. The highest BCUT2D eigenvalue weighted by Gasteiger charge is 2.18. The summed E-state index contributed by atoms with van der Waals surface area (Å²) < 4.78 is 2.05. The molecule has 0 saturated carbocycles. The predicted octanol–water partition coefficient (Wildman–Crippen LogP) is 4.86. The zero-order chi connectivity index (χ0) is 13.4. The van der Waals surface area contributed by atoms with Crippen molar-refractivity contribution >= 4 is 61.5 Å². The van der Waals surface area contributed by atoms with E-state index in [9.17, 15) is 4.79 Å². The van der Waals surface area contributed by atoms with Gasteiger partial charge < -0.3 is 5.32 Å². The van der Waals surface area contributed by atoms with Crippen LogP contribution in [0.1, 0.15) is 26.5 Å². The highest BCUT2D eigenvalue weighted by molar-refractivity contribution is 14.1. The van der Waals surface area contributed by atoms with Crippen molar-refractivity contribution in [1.82, 2.24) is 0 Å². The van der Waals surface area contributed by atoms with Crippen LogP contribution in [0.15, 0.2) is 28.7 Å². The number of aryl methyl sites for hydroxylation is 2. The largest absolute Gasteiger partial charge is 0.320 e. The summed E-state index contributed by atoms with van der Waals surface area (Å²) in [6.07, 6.45) is 3.47. The van der Waals surface area contributed by atoms with Crippen molar-refractivity contribution in [3.63, 3.8) is 0 Å². The Bertz CT molecular complexity index is 631. The lowest BCUT2D eigenvalue weighted by Gasteiger charge is -2.06. The van der Waals surface area contributed by atoms with Crippen LogP contribution in [-0.4, -0.2) is 5.91 Å². The molecule has 5 heteroatoms. The van der Waals surface area contributed by atoms with Crippen LogP contribution < -0.4 is 5.32 Å². The summed E-state index contributed by atoms with van der Waals surface area (Å²) in [5.41, 5.74) is 2.18. The van der Waals surface area contributed by atoms with E-state index in [4.69, 9.17) is 0 Å². The first-order valence-electron chi connectivity index (χ1n) is 6.01. The maximum atomic E-state index is 12.2. The zero-order valence-corrected chi connectivity index (χ0v) is 14.6. The second-order valence-corrected chi connectivity index (χ2v) is 7.73. The van der Waals surface area contributed by atoms with Crippen LogP contribution in [0.4, 0.5) is 5.69 Å². The number of hydrogen-bond donors (Lipinski definition) is 1. The second-order valence-electron chi connectivity index (χ2n) is 4.49. The van der Waals surface area contributed by atoms with Gasteiger partial charge in [0.1, 0.15) is 0 Å². The minimum Gasteiger partial charge on any atom is -0.320 e. The van der Waals surface area contributed by atoms with Crippen LogP contribution in [0.5, 0.6) is 0 Å².